The van der Waals surface area contributed by atoms with Gasteiger partial charge >= 0.3 is 0 Å². The van der Waals surface area contributed by atoms with Gasteiger partial charge in [0.15, 0.2) is 11.5 Å². The Bertz CT molecular complexity index is 403. The first-order chi connectivity index (χ1) is 8.13. The summed E-state index contributed by atoms with van der Waals surface area (Å²) in [5, 5.41) is 19.3. The van der Waals surface area contributed by atoms with Crippen molar-refractivity contribution >= 4 is 0 Å². The molecule has 0 heterocycles. The molecule has 0 aromatic heterocycles. The second kappa shape index (κ2) is 4.96. The SMILES string of the molecule is CCCN(C)C1CCc2c(ccc(O)c2O)C1. The molecular weight excluding hydrogens is 214 g/mol. The molecule has 0 spiro atoms. The van der Waals surface area contributed by atoms with Crippen molar-refractivity contribution in [3.8, 4) is 11.5 Å². The summed E-state index contributed by atoms with van der Waals surface area (Å²) in [6, 6.07) is 4.10. The molecule has 0 saturated carbocycles. The molecule has 3 nitrogen and oxygen atoms in total. The molecule has 0 radical (unpaired) electrons. The van der Waals surface area contributed by atoms with E-state index in [1.165, 1.54) is 12.0 Å². The second-order valence-corrected chi connectivity index (χ2v) is 4.95. The van der Waals surface area contributed by atoms with Gasteiger partial charge < -0.3 is 15.1 Å². The lowest BCUT2D eigenvalue weighted by atomic mass is 9.86. The molecule has 94 valence electrons. The fourth-order valence-corrected chi connectivity index (χ4v) is 2.71. The standard InChI is InChI=1S/C14H21NO2/c1-3-8-15(2)11-5-6-12-10(9-11)4-7-13(16)14(12)17/h4,7,11,16-17H,3,5-6,8-9H2,1-2H3. The van der Waals surface area contributed by atoms with Gasteiger partial charge in [-0.1, -0.05) is 13.0 Å². The van der Waals surface area contributed by atoms with Crippen LogP contribution in [0.1, 0.15) is 30.9 Å². The van der Waals surface area contributed by atoms with Crippen molar-refractivity contribution in [1.82, 2.24) is 4.90 Å². The van der Waals surface area contributed by atoms with Crippen molar-refractivity contribution in [1.29, 1.82) is 0 Å². The number of phenols is 2. The molecule has 0 fully saturated rings. The normalized spacial score (nSPS) is 19.4. The van der Waals surface area contributed by atoms with E-state index in [0.29, 0.717) is 6.04 Å². The summed E-state index contributed by atoms with van der Waals surface area (Å²) in [6.45, 7) is 3.31. The number of nitrogens with zero attached hydrogens (tertiary/aromatic N) is 1. The van der Waals surface area contributed by atoms with Crippen molar-refractivity contribution in [3.05, 3.63) is 23.3 Å². The second-order valence-electron chi connectivity index (χ2n) is 4.95. The highest BCUT2D eigenvalue weighted by atomic mass is 16.3. The largest absolute Gasteiger partial charge is 0.504 e. The highest BCUT2D eigenvalue weighted by Crippen LogP contribution is 2.36. The van der Waals surface area contributed by atoms with E-state index in [1.54, 1.807) is 6.07 Å². The van der Waals surface area contributed by atoms with Crippen LogP contribution in [-0.4, -0.2) is 34.7 Å². The van der Waals surface area contributed by atoms with Crippen LogP contribution >= 0.6 is 0 Å². The minimum Gasteiger partial charge on any atom is -0.504 e. The molecule has 0 aliphatic heterocycles. The maximum Gasteiger partial charge on any atom is 0.160 e. The fourth-order valence-electron chi connectivity index (χ4n) is 2.71. The number of fused-ring (bicyclic) bond motifs is 1. The molecule has 1 aliphatic carbocycles. The molecule has 2 rings (SSSR count). The summed E-state index contributed by atoms with van der Waals surface area (Å²) in [4.78, 5) is 2.40. The van der Waals surface area contributed by atoms with Gasteiger partial charge in [-0.25, -0.2) is 0 Å². The Hall–Kier alpha value is -1.22. The molecule has 1 aromatic carbocycles. The van der Waals surface area contributed by atoms with Gasteiger partial charge in [-0.15, -0.1) is 0 Å². The van der Waals surface area contributed by atoms with Gasteiger partial charge in [0.05, 0.1) is 0 Å². The van der Waals surface area contributed by atoms with Gasteiger partial charge in [-0.05, 0) is 50.9 Å². The first kappa shape index (κ1) is 12.2. The fraction of sp³-hybridized carbons (Fsp3) is 0.571. The summed E-state index contributed by atoms with van der Waals surface area (Å²) >= 11 is 0. The molecule has 3 heteroatoms. The molecule has 2 N–H and O–H groups in total. The predicted octanol–water partition coefficient (Wildman–Crippen LogP) is 2.30. The summed E-state index contributed by atoms with van der Waals surface area (Å²) in [5.74, 6) is 0.0863. The summed E-state index contributed by atoms with van der Waals surface area (Å²) in [7, 11) is 2.17. The van der Waals surface area contributed by atoms with E-state index in [9.17, 15) is 10.2 Å². The minimum atomic E-state index is 0.00381. The molecule has 1 aromatic rings. The van der Waals surface area contributed by atoms with Crippen LogP contribution in [0, 0.1) is 0 Å². The number of hydrogen-bond donors (Lipinski definition) is 2. The highest BCUT2D eigenvalue weighted by Gasteiger charge is 2.24. The Morgan fingerprint density at radius 3 is 2.82 bits per heavy atom. The van der Waals surface area contributed by atoms with Crippen molar-refractivity contribution in [3.63, 3.8) is 0 Å². The van der Waals surface area contributed by atoms with Crippen molar-refractivity contribution < 1.29 is 10.2 Å². The van der Waals surface area contributed by atoms with E-state index in [1.807, 2.05) is 6.07 Å². The van der Waals surface area contributed by atoms with E-state index < -0.39 is 0 Å². The smallest absolute Gasteiger partial charge is 0.160 e. The Kier molecular flexibility index (Phi) is 3.57. The van der Waals surface area contributed by atoms with Crippen LogP contribution in [-0.2, 0) is 12.8 Å². The average Bonchev–Trinajstić information content (AvgIpc) is 2.34. The number of likely N-dealkylation sites (N-methyl/N-ethyl adjacent to an activating group) is 1. The molecule has 0 bridgehead atoms. The zero-order valence-corrected chi connectivity index (χ0v) is 10.6. The van der Waals surface area contributed by atoms with Crippen LogP contribution in [0.4, 0.5) is 0 Å². The Morgan fingerprint density at radius 2 is 2.12 bits per heavy atom. The molecular formula is C14H21NO2. The summed E-state index contributed by atoms with van der Waals surface area (Å²) in [6.07, 6.45) is 4.05. The lowest BCUT2D eigenvalue weighted by Crippen LogP contribution is -2.36. The van der Waals surface area contributed by atoms with Gasteiger partial charge in [0.1, 0.15) is 0 Å². The molecule has 0 saturated heterocycles. The van der Waals surface area contributed by atoms with E-state index in [2.05, 4.69) is 18.9 Å². The zero-order valence-electron chi connectivity index (χ0n) is 10.6. The minimum absolute atomic E-state index is 0.00381. The average molecular weight is 235 g/mol. The zero-order chi connectivity index (χ0) is 12.4. The van der Waals surface area contributed by atoms with Crippen LogP contribution in [0.2, 0.25) is 0 Å². The quantitative estimate of drug-likeness (QED) is 0.790. The van der Waals surface area contributed by atoms with Crippen molar-refractivity contribution in [2.45, 2.75) is 38.6 Å². The van der Waals surface area contributed by atoms with Gasteiger partial charge in [-0.2, -0.15) is 0 Å². The summed E-state index contributed by atoms with van der Waals surface area (Å²) < 4.78 is 0. The number of aromatic hydroxyl groups is 2. The number of phenolic OH excluding ortho intramolecular Hbond substituents is 2. The molecule has 1 aliphatic rings. The lowest BCUT2D eigenvalue weighted by molar-refractivity contribution is 0.221. The topological polar surface area (TPSA) is 43.7 Å². The van der Waals surface area contributed by atoms with Crippen LogP contribution in [0.5, 0.6) is 11.5 Å². The maximum atomic E-state index is 9.81. The maximum absolute atomic E-state index is 9.81. The van der Waals surface area contributed by atoms with Gasteiger partial charge in [0, 0.05) is 11.6 Å². The highest BCUT2D eigenvalue weighted by molar-refractivity contribution is 5.50. The third kappa shape index (κ3) is 2.39. The van der Waals surface area contributed by atoms with Crippen molar-refractivity contribution in [2.75, 3.05) is 13.6 Å². The van der Waals surface area contributed by atoms with E-state index >= 15 is 0 Å². The molecule has 17 heavy (non-hydrogen) atoms. The Labute approximate surface area is 103 Å². The Balaban J connectivity index is 2.17. The number of benzene rings is 1. The van der Waals surface area contributed by atoms with E-state index in [0.717, 1.165) is 31.4 Å². The third-order valence-corrected chi connectivity index (χ3v) is 3.74. The van der Waals surface area contributed by atoms with E-state index in [4.69, 9.17) is 0 Å². The van der Waals surface area contributed by atoms with Gasteiger partial charge in [-0.3, -0.25) is 0 Å². The molecule has 1 unspecified atom stereocenters. The lowest BCUT2D eigenvalue weighted by Gasteiger charge is -2.32. The van der Waals surface area contributed by atoms with Gasteiger partial charge in [0.2, 0.25) is 0 Å². The predicted molar refractivity (Wildman–Crippen MR) is 68.5 cm³/mol. The third-order valence-electron chi connectivity index (χ3n) is 3.74. The Morgan fingerprint density at radius 1 is 1.35 bits per heavy atom. The first-order valence-corrected chi connectivity index (χ1v) is 6.36. The molecule has 1 atom stereocenters. The molecule has 0 amide bonds. The van der Waals surface area contributed by atoms with Crippen LogP contribution in [0.3, 0.4) is 0 Å². The van der Waals surface area contributed by atoms with Crippen LogP contribution in [0.15, 0.2) is 12.1 Å². The number of rotatable bonds is 3. The van der Waals surface area contributed by atoms with Crippen molar-refractivity contribution in [2.24, 2.45) is 0 Å². The summed E-state index contributed by atoms with van der Waals surface area (Å²) in [5.41, 5.74) is 2.12. The van der Waals surface area contributed by atoms with Gasteiger partial charge in [0.25, 0.3) is 0 Å². The first-order valence-electron chi connectivity index (χ1n) is 6.36. The van der Waals surface area contributed by atoms with Crippen LogP contribution < -0.4 is 0 Å². The van der Waals surface area contributed by atoms with E-state index in [-0.39, 0.29) is 11.5 Å². The number of hydrogen-bond acceptors (Lipinski definition) is 3. The monoisotopic (exact) mass is 235 g/mol. The van der Waals surface area contributed by atoms with Crippen LogP contribution in [0.25, 0.3) is 0 Å².